The first-order valence-electron chi connectivity index (χ1n) is 8.72. The average molecular weight is 361 g/mol. The summed E-state index contributed by atoms with van der Waals surface area (Å²) in [6.07, 6.45) is 2.16. The van der Waals surface area contributed by atoms with E-state index in [2.05, 4.69) is 26.7 Å². The summed E-state index contributed by atoms with van der Waals surface area (Å²) in [5, 5.41) is 0.733. The number of hydrazine groups is 2. The molecule has 1 aliphatic rings. The molecule has 1 saturated heterocycles. The predicted octanol–water partition coefficient (Wildman–Crippen LogP) is 1.60. The molecule has 2 unspecified atom stereocenters. The van der Waals surface area contributed by atoms with Gasteiger partial charge in [0.15, 0.2) is 0 Å². The van der Waals surface area contributed by atoms with E-state index in [1.165, 1.54) is 0 Å². The molecule has 2 amide bonds. The van der Waals surface area contributed by atoms with Gasteiger partial charge >= 0.3 is 0 Å². The molecule has 1 aromatic heterocycles. The van der Waals surface area contributed by atoms with Gasteiger partial charge in [-0.25, -0.2) is 10.9 Å². The Morgan fingerprint density at radius 2 is 1.70 bits per heavy atom. The van der Waals surface area contributed by atoms with Crippen LogP contribution in [-0.4, -0.2) is 22.8 Å². The minimum Gasteiger partial charge on any atom is -0.271 e. The highest BCUT2D eigenvalue weighted by atomic mass is 16.2. The van der Waals surface area contributed by atoms with Crippen molar-refractivity contribution in [3.05, 3.63) is 78.0 Å². The molecular weight excluding hydrogens is 342 g/mol. The number of benzene rings is 2. The number of amides is 2. The van der Waals surface area contributed by atoms with Gasteiger partial charge < -0.3 is 0 Å². The smallest absolute Gasteiger partial charge is 0.270 e. The van der Waals surface area contributed by atoms with Crippen LogP contribution in [0.25, 0.3) is 10.9 Å². The van der Waals surface area contributed by atoms with Crippen molar-refractivity contribution in [2.45, 2.75) is 18.5 Å². The zero-order valence-corrected chi connectivity index (χ0v) is 14.5. The van der Waals surface area contributed by atoms with Crippen LogP contribution in [0.1, 0.15) is 28.4 Å². The molecule has 7 nitrogen and oxygen atoms in total. The first kappa shape index (κ1) is 17.1. The van der Waals surface area contributed by atoms with Crippen LogP contribution in [0, 0.1) is 0 Å². The van der Waals surface area contributed by atoms with Crippen molar-refractivity contribution in [3.63, 3.8) is 0 Å². The Kier molecular flexibility index (Phi) is 4.78. The fourth-order valence-corrected chi connectivity index (χ4v) is 3.20. The van der Waals surface area contributed by atoms with Gasteiger partial charge in [-0.2, -0.15) is 0 Å². The van der Waals surface area contributed by atoms with E-state index >= 15 is 0 Å². The summed E-state index contributed by atoms with van der Waals surface area (Å²) in [7, 11) is 0. The molecular formula is C20H19N5O2. The monoisotopic (exact) mass is 361 g/mol. The SMILES string of the molecule is O=C(NNC(=O)C1CC(c2ccccc2)NN1)c1ccnc2ccccc12. The summed E-state index contributed by atoms with van der Waals surface area (Å²) in [6.45, 7) is 0. The van der Waals surface area contributed by atoms with Gasteiger partial charge in [-0.3, -0.25) is 25.4 Å². The van der Waals surface area contributed by atoms with Gasteiger partial charge in [0.1, 0.15) is 6.04 Å². The molecule has 2 atom stereocenters. The molecule has 27 heavy (non-hydrogen) atoms. The van der Waals surface area contributed by atoms with Crippen molar-refractivity contribution in [1.29, 1.82) is 0 Å². The molecule has 0 aliphatic carbocycles. The van der Waals surface area contributed by atoms with E-state index in [0.29, 0.717) is 12.0 Å². The quantitative estimate of drug-likeness (QED) is 0.532. The van der Waals surface area contributed by atoms with Crippen LogP contribution >= 0.6 is 0 Å². The Morgan fingerprint density at radius 1 is 0.926 bits per heavy atom. The molecule has 3 aromatic rings. The lowest BCUT2D eigenvalue weighted by molar-refractivity contribution is -0.123. The first-order chi connectivity index (χ1) is 13.2. The van der Waals surface area contributed by atoms with Gasteiger partial charge in [0.25, 0.3) is 11.8 Å². The van der Waals surface area contributed by atoms with Crippen LogP contribution in [0.2, 0.25) is 0 Å². The van der Waals surface area contributed by atoms with Gasteiger partial charge in [-0.1, -0.05) is 48.5 Å². The average Bonchev–Trinajstić information content (AvgIpc) is 3.22. The Morgan fingerprint density at radius 3 is 2.56 bits per heavy atom. The van der Waals surface area contributed by atoms with E-state index in [0.717, 1.165) is 16.5 Å². The van der Waals surface area contributed by atoms with E-state index in [9.17, 15) is 9.59 Å². The first-order valence-corrected chi connectivity index (χ1v) is 8.72. The normalized spacial score (nSPS) is 19.0. The molecule has 0 bridgehead atoms. The Balaban J connectivity index is 1.37. The standard InChI is InChI=1S/C20H19N5O2/c26-19(15-10-11-21-16-9-5-4-8-14(15)16)24-25-20(27)18-12-17(22-23-18)13-6-2-1-3-7-13/h1-11,17-18,22-23H,12H2,(H,24,26)(H,25,27). The lowest BCUT2D eigenvalue weighted by atomic mass is 10.0. The predicted molar refractivity (Wildman–Crippen MR) is 101 cm³/mol. The summed E-state index contributed by atoms with van der Waals surface area (Å²) in [6, 6.07) is 18.5. The second kappa shape index (κ2) is 7.53. The number of nitrogens with zero attached hydrogens (tertiary/aromatic N) is 1. The van der Waals surface area contributed by atoms with Crippen LogP contribution in [0.5, 0.6) is 0 Å². The number of rotatable bonds is 3. The van der Waals surface area contributed by atoms with Crippen molar-refractivity contribution in [2.75, 3.05) is 0 Å². The number of aromatic nitrogens is 1. The Hall–Kier alpha value is -3.29. The molecule has 4 N–H and O–H groups in total. The molecule has 136 valence electrons. The Bertz CT molecular complexity index is 971. The maximum atomic E-state index is 12.5. The molecule has 2 heterocycles. The maximum Gasteiger partial charge on any atom is 0.270 e. The van der Waals surface area contributed by atoms with Gasteiger partial charge in [-0.05, 0) is 24.1 Å². The van der Waals surface area contributed by atoms with Crippen LogP contribution in [0.3, 0.4) is 0 Å². The molecule has 0 spiro atoms. The number of carbonyl (C=O) groups is 2. The molecule has 4 rings (SSSR count). The number of hydrogen-bond acceptors (Lipinski definition) is 5. The lowest BCUT2D eigenvalue weighted by Gasteiger charge is -2.12. The largest absolute Gasteiger partial charge is 0.271 e. The third-order valence-electron chi connectivity index (χ3n) is 4.61. The van der Waals surface area contributed by atoms with Crippen molar-refractivity contribution in [2.24, 2.45) is 0 Å². The van der Waals surface area contributed by atoms with Crippen molar-refractivity contribution >= 4 is 22.7 Å². The number of para-hydroxylation sites is 1. The molecule has 2 aromatic carbocycles. The van der Waals surface area contributed by atoms with Crippen LogP contribution < -0.4 is 21.7 Å². The molecule has 0 radical (unpaired) electrons. The van der Waals surface area contributed by atoms with E-state index in [1.54, 1.807) is 12.3 Å². The Labute approximate surface area is 156 Å². The zero-order chi connectivity index (χ0) is 18.6. The van der Waals surface area contributed by atoms with Crippen molar-refractivity contribution in [3.8, 4) is 0 Å². The third-order valence-corrected chi connectivity index (χ3v) is 4.61. The van der Waals surface area contributed by atoms with E-state index in [-0.39, 0.29) is 17.9 Å². The van der Waals surface area contributed by atoms with Crippen LogP contribution in [0.4, 0.5) is 0 Å². The maximum absolute atomic E-state index is 12.5. The summed E-state index contributed by atoms with van der Waals surface area (Å²) >= 11 is 0. The van der Waals surface area contributed by atoms with E-state index < -0.39 is 6.04 Å². The summed E-state index contributed by atoms with van der Waals surface area (Å²) in [5.74, 6) is -0.680. The highest BCUT2D eigenvalue weighted by Crippen LogP contribution is 2.21. The van der Waals surface area contributed by atoms with Gasteiger partial charge in [0, 0.05) is 17.6 Å². The highest BCUT2D eigenvalue weighted by molar-refractivity contribution is 6.06. The number of nitrogens with one attached hydrogen (secondary N) is 4. The van der Waals surface area contributed by atoms with Crippen molar-refractivity contribution < 1.29 is 9.59 Å². The number of hydrogen-bond donors (Lipinski definition) is 4. The summed E-state index contributed by atoms with van der Waals surface area (Å²) in [4.78, 5) is 29.1. The highest BCUT2D eigenvalue weighted by Gasteiger charge is 2.30. The fourth-order valence-electron chi connectivity index (χ4n) is 3.20. The zero-order valence-electron chi connectivity index (χ0n) is 14.5. The van der Waals surface area contributed by atoms with Gasteiger partial charge in [0.05, 0.1) is 11.1 Å². The minimum absolute atomic E-state index is 0.0433. The second-order valence-electron chi connectivity index (χ2n) is 6.36. The summed E-state index contributed by atoms with van der Waals surface area (Å²) < 4.78 is 0. The fraction of sp³-hybridized carbons (Fsp3) is 0.150. The summed E-state index contributed by atoms with van der Waals surface area (Å²) in [5.41, 5.74) is 13.4. The van der Waals surface area contributed by atoms with Crippen LogP contribution in [-0.2, 0) is 4.79 Å². The lowest BCUT2D eigenvalue weighted by Crippen LogP contribution is -2.50. The van der Waals surface area contributed by atoms with Crippen molar-refractivity contribution in [1.82, 2.24) is 26.7 Å². The molecule has 1 fully saturated rings. The molecule has 1 aliphatic heterocycles. The minimum atomic E-state index is -0.440. The third kappa shape index (κ3) is 3.64. The molecule has 0 saturated carbocycles. The number of fused-ring (bicyclic) bond motifs is 1. The topological polar surface area (TPSA) is 95.2 Å². The number of pyridine rings is 1. The number of carbonyl (C=O) groups excluding carboxylic acids is 2. The molecule has 7 heteroatoms. The van der Waals surface area contributed by atoms with Crippen LogP contribution in [0.15, 0.2) is 66.9 Å². The second-order valence-corrected chi connectivity index (χ2v) is 6.36. The van der Waals surface area contributed by atoms with Gasteiger partial charge in [0.2, 0.25) is 0 Å². The van der Waals surface area contributed by atoms with E-state index in [1.807, 2.05) is 54.6 Å². The van der Waals surface area contributed by atoms with E-state index in [4.69, 9.17) is 0 Å². The van der Waals surface area contributed by atoms with Gasteiger partial charge in [-0.15, -0.1) is 0 Å².